The molecular weight excluding hydrogens is 278 g/mol. The van der Waals surface area contributed by atoms with Crippen LogP contribution in [0.1, 0.15) is 26.3 Å². The summed E-state index contributed by atoms with van der Waals surface area (Å²) < 4.78 is 5.19. The maximum absolute atomic E-state index is 12.1. The third kappa shape index (κ3) is 5.05. The van der Waals surface area contributed by atoms with Crippen LogP contribution in [-0.4, -0.2) is 37.0 Å². The van der Waals surface area contributed by atoms with Crippen LogP contribution in [0.4, 0.5) is 0 Å². The fourth-order valence-corrected chi connectivity index (χ4v) is 2.01. The van der Waals surface area contributed by atoms with Crippen molar-refractivity contribution in [1.82, 2.24) is 10.2 Å². The minimum absolute atomic E-state index is 0.0464. The predicted octanol–water partition coefficient (Wildman–Crippen LogP) is 2.18. The number of nitriles is 1. The van der Waals surface area contributed by atoms with Crippen molar-refractivity contribution in [3.8, 4) is 11.8 Å². The lowest BCUT2D eigenvalue weighted by Crippen LogP contribution is -2.51. The molecular formula is C17H25N3O2. The van der Waals surface area contributed by atoms with Gasteiger partial charge in [0, 0.05) is 6.54 Å². The Labute approximate surface area is 132 Å². The number of carbonyl (C=O) groups excluding carboxylic acids is 1. The number of rotatable bonds is 7. The van der Waals surface area contributed by atoms with Crippen LogP contribution in [-0.2, 0) is 11.3 Å². The van der Waals surface area contributed by atoms with Crippen molar-refractivity contribution in [3.05, 3.63) is 29.8 Å². The van der Waals surface area contributed by atoms with Gasteiger partial charge in [-0.15, -0.1) is 0 Å². The third-order valence-electron chi connectivity index (χ3n) is 3.79. The molecule has 22 heavy (non-hydrogen) atoms. The van der Waals surface area contributed by atoms with Gasteiger partial charge in [0.25, 0.3) is 0 Å². The van der Waals surface area contributed by atoms with Gasteiger partial charge < -0.3 is 10.1 Å². The highest BCUT2D eigenvalue weighted by Crippen LogP contribution is 2.16. The fourth-order valence-electron chi connectivity index (χ4n) is 2.01. The van der Waals surface area contributed by atoms with Gasteiger partial charge in [-0.2, -0.15) is 5.26 Å². The fraction of sp³-hybridized carbons (Fsp3) is 0.529. The highest BCUT2D eigenvalue weighted by molar-refractivity contribution is 5.79. The van der Waals surface area contributed by atoms with Gasteiger partial charge in [-0.25, -0.2) is 0 Å². The zero-order valence-corrected chi connectivity index (χ0v) is 14.0. The highest BCUT2D eigenvalue weighted by atomic mass is 16.5. The zero-order valence-electron chi connectivity index (χ0n) is 14.0. The molecule has 0 aliphatic carbocycles. The third-order valence-corrected chi connectivity index (χ3v) is 3.79. The number of hydrogen-bond acceptors (Lipinski definition) is 4. The lowest BCUT2D eigenvalue weighted by atomic mass is 9.90. The van der Waals surface area contributed by atoms with E-state index in [9.17, 15) is 10.1 Å². The molecule has 0 aromatic heterocycles. The molecule has 1 atom stereocenters. The minimum atomic E-state index is -0.839. The first-order chi connectivity index (χ1) is 10.3. The van der Waals surface area contributed by atoms with Gasteiger partial charge in [-0.05, 0) is 37.6 Å². The first-order valence-corrected chi connectivity index (χ1v) is 7.34. The van der Waals surface area contributed by atoms with E-state index >= 15 is 0 Å². The topological polar surface area (TPSA) is 65.4 Å². The maximum Gasteiger partial charge on any atom is 0.235 e. The molecule has 5 nitrogen and oxygen atoms in total. The molecule has 0 radical (unpaired) electrons. The van der Waals surface area contributed by atoms with Gasteiger partial charge in [-0.1, -0.05) is 26.0 Å². The molecule has 1 N–H and O–H groups in total. The predicted molar refractivity (Wildman–Crippen MR) is 86.3 cm³/mol. The molecule has 5 heteroatoms. The van der Waals surface area contributed by atoms with E-state index in [2.05, 4.69) is 11.4 Å². The quantitative estimate of drug-likeness (QED) is 0.838. The van der Waals surface area contributed by atoms with E-state index in [1.54, 1.807) is 14.0 Å². The van der Waals surface area contributed by atoms with Crippen LogP contribution in [0.3, 0.4) is 0 Å². The Balaban J connectivity index is 2.59. The van der Waals surface area contributed by atoms with E-state index in [0.29, 0.717) is 6.54 Å². The Morgan fingerprint density at radius 1 is 1.50 bits per heavy atom. The summed E-state index contributed by atoms with van der Waals surface area (Å²) >= 11 is 0. The number of amides is 1. The number of carbonyl (C=O) groups is 1. The molecule has 0 aliphatic rings. The van der Waals surface area contributed by atoms with E-state index < -0.39 is 5.54 Å². The van der Waals surface area contributed by atoms with Gasteiger partial charge in [0.05, 0.1) is 19.7 Å². The maximum atomic E-state index is 12.1. The Morgan fingerprint density at radius 2 is 2.18 bits per heavy atom. The van der Waals surface area contributed by atoms with E-state index in [1.165, 1.54) is 0 Å². The van der Waals surface area contributed by atoms with Crippen molar-refractivity contribution < 1.29 is 9.53 Å². The highest BCUT2D eigenvalue weighted by Gasteiger charge is 2.30. The van der Waals surface area contributed by atoms with Crippen LogP contribution in [0.2, 0.25) is 0 Å². The van der Waals surface area contributed by atoms with Crippen LogP contribution < -0.4 is 10.1 Å². The summed E-state index contributed by atoms with van der Waals surface area (Å²) in [5, 5.41) is 12.1. The smallest absolute Gasteiger partial charge is 0.235 e. The second-order valence-electron chi connectivity index (χ2n) is 6.04. The number of ether oxygens (including phenoxy) is 1. The largest absolute Gasteiger partial charge is 0.497 e. The van der Waals surface area contributed by atoms with Crippen LogP contribution in [0.15, 0.2) is 24.3 Å². The van der Waals surface area contributed by atoms with Crippen molar-refractivity contribution in [2.75, 3.05) is 20.7 Å². The molecule has 0 saturated carbocycles. The second-order valence-corrected chi connectivity index (χ2v) is 6.04. The van der Waals surface area contributed by atoms with Crippen molar-refractivity contribution in [3.63, 3.8) is 0 Å². The minimum Gasteiger partial charge on any atom is -0.497 e. The Bertz CT molecular complexity index is 551. The van der Waals surface area contributed by atoms with E-state index in [-0.39, 0.29) is 18.4 Å². The average Bonchev–Trinajstić information content (AvgIpc) is 2.46. The lowest BCUT2D eigenvalue weighted by Gasteiger charge is -2.28. The molecule has 0 unspecified atom stereocenters. The second kappa shape index (κ2) is 7.81. The van der Waals surface area contributed by atoms with Gasteiger partial charge in [-0.3, -0.25) is 9.69 Å². The summed E-state index contributed by atoms with van der Waals surface area (Å²) in [5.41, 5.74) is 0.231. The monoisotopic (exact) mass is 303 g/mol. The van der Waals surface area contributed by atoms with E-state index in [0.717, 1.165) is 11.3 Å². The summed E-state index contributed by atoms with van der Waals surface area (Å²) in [4.78, 5) is 14.0. The van der Waals surface area contributed by atoms with Gasteiger partial charge in [0.2, 0.25) is 5.91 Å². The molecule has 0 bridgehead atoms. The molecule has 0 fully saturated rings. The molecule has 1 aromatic rings. The number of methoxy groups -OCH3 is 1. The number of nitrogens with one attached hydrogen (secondary N) is 1. The van der Waals surface area contributed by atoms with Crippen molar-refractivity contribution in [2.24, 2.45) is 5.92 Å². The van der Waals surface area contributed by atoms with Crippen LogP contribution >= 0.6 is 0 Å². The molecule has 1 rings (SSSR count). The van der Waals surface area contributed by atoms with E-state index in [4.69, 9.17) is 4.74 Å². The molecule has 0 spiro atoms. The number of nitrogens with zero attached hydrogens (tertiary/aromatic N) is 2. The van der Waals surface area contributed by atoms with Crippen LogP contribution in [0.5, 0.6) is 5.75 Å². The SMILES string of the molecule is COc1cccc(CN(C)CC(=O)N[C@](C)(C#N)C(C)C)c1. The van der Waals surface area contributed by atoms with Crippen LogP contribution in [0, 0.1) is 17.2 Å². The summed E-state index contributed by atoms with van der Waals surface area (Å²) in [6, 6.07) is 9.93. The first-order valence-electron chi connectivity index (χ1n) is 7.34. The number of benzene rings is 1. The molecule has 120 valence electrons. The summed E-state index contributed by atoms with van der Waals surface area (Å²) in [7, 11) is 3.50. The summed E-state index contributed by atoms with van der Waals surface area (Å²) in [6.07, 6.45) is 0. The number of likely N-dealkylation sites (N-methyl/N-ethyl adjacent to an activating group) is 1. The standard InChI is InChI=1S/C17H25N3O2/c1-13(2)17(3,12-18)19-16(21)11-20(4)10-14-7-6-8-15(9-14)22-5/h6-9,13H,10-11H2,1-5H3,(H,19,21)/t17-/m1/s1. The zero-order chi connectivity index (χ0) is 16.8. The van der Waals surface area contributed by atoms with Gasteiger partial charge in [0.1, 0.15) is 11.3 Å². The van der Waals surface area contributed by atoms with Gasteiger partial charge >= 0.3 is 0 Å². The van der Waals surface area contributed by atoms with E-state index in [1.807, 2.05) is 50.1 Å². The molecule has 0 saturated heterocycles. The number of hydrogen-bond donors (Lipinski definition) is 1. The molecule has 0 heterocycles. The van der Waals surface area contributed by atoms with Crippen molar-refractivity contribution in [1.29, 1.82) is 5.26 Å². The Morgan fingerprint density at radius 3 is 2.73 bits per heavy atom. The van der Waals surface area contributed by atoms with Crippen LogP contribution in [0.25, 0.3) is 0 Å². The van der Waals surface area contributed by atoms with Gasteiger partial charge in [0.15, 0.2) is 0 Å². The molecule has 1 amide bonds. The van der Waals surface area contributed by atoms with Crippen molar-refractivity contribution in [2.45, 2.75) is 32.9 Å². The summed E-state index contributed by atoms with van der Waals surface area (Å²) in [6.45, 7) is 6.46. The Kier molecular flexibility index (Phi) is 6.39. The first kappa shape index (κ1) is 18.0. The average molecular weight is 303 g/mol. The lowest BCUT2D eigenvalue weighted by molar-refractivity contribution is -0.123. The van der Waals surface area contributed by atoms with Crippen molar-refractivity contribution >= 4 is 5.91 Å². The molecule has 0 aliphatic heterocycles. The summed E-state index contributed by atoms with van der Waals surface area (Å²) in [5.74, 6) is 0.695. The Hall–Kier alpha value is -2.06. The normalized spacial score (nSPS) is 13.5. The molecule has 1 aromatic carbocycles.